The molecule has 2 heteroatoms. The first-order chi connectivity index (χ1) is 7.25. The molecule has 82 valence electrons. The van der Waals surface area contributed by atoms with Crippen LogP contribution in [-0.4, -0.2) is 5.97 Å². The van der Waals surface area contributed by atoms with E-state index in [1.165, 1.54) is 12.8 Å². The van der Waals surface area contributed by atoms with Gasteiger partial charge in [0.2, 0.25) is 0 Å². The smallest absolute Gasteiger partial charge is 0.0718 e. The van der Waals surface area contributed by atoms with Gasteiger partial charge in [0.1, 0.15) is 0 Å². The summed E-state index contributed by atoms with van der Waals surface area (Å²) in [5, 5.41) is 10.8. The van der Waals surface area contributed by atoms with Gasteiger partial charge < -0.3 is 9.90 Å². The van der Waals surface area contributed by atoms with Gasteiger partial charge in [-0.15, -0.1) is 0 Å². The summed E-state index contributed by atoms with van der Waals surface area (Å²) >= 11 is 0. The fourth-order valence-corrected chi connectivity index (χ4v) is 1.68. The highest BCUT2D eigenvalue weighted by Gasteiger charge is 2.01. The van der Waals surface area contributed by atoms with Crippen LogP contribution in [0.1, 0.15) is 48.5 Å². The summed E-state index contributed by atoms with van der Waals surface area (Å²) in [6.07, 6.45) is 5.47. The number of hydrogen-bond acceptors (Lipinski definition) is 2. The van der Waals surface area contributed by atoms with Crippen LogP contribution in [0.15, 0.2) is 24.3 Å². The summed E-state index contributed by atoms with van der Waals surface area (Å²) in [4.78, 5) is 10.8. The van der Waals surface area contributed by atoms with Gasteiger partial charge in [0.15, 0.2) is 0 Å². The van der Waals surface area contributed by atoms with Crippen molar-refractivity contribution < 1.29 is 9.90 Å². The quantitative estimate of drug-likeness (QED) is 0.668. The van der Waals surface area contributed by atoms with Crippen LogP contribution in [-0.2, 0) is 6.42 Å². The zero-order valence-corrected chi connectivity index (χ0v) is 9.16. The van der Waals surface area contributed by atoms with Crippen LogP contribution in [0.5, 0.6) is 0 Å². The van der Waals surface area contributed by atoms with E-state index in [0.29, 0.717) is 5.56 Å². The van der Waals surface area contributed by atoms with E-state index in [2.05, 4.69) is 6.92 Å². The van der Waals surface area contributed by atoms with E-state index in [1.54, 1.807) is 12.1 Å². The van der Waals surface area contributed by atoms with Gasteiger partial charge in [0, 0.05) is 5.56 Å². The third kappa shape index (κ3) is 3.74. The summed E-state index contributed by atoms with van der Waals surface area (Å²) in [5.74, 6) is -1.07. The molecule has 0 radical (unpaired) electrons. The molecule has 0 bridgehead atoms. The van der Waals surface area contributed by atoms with Crippen molar-refractivity contribution in [1.82, 2.24) is 0 Å². The number of benzene rings is 1. The van der Waals surface area contributed by atoms with E-state index in [0.717, 1.165) is 24.8 Å². The molecule has 15 heavy (non-hydrogen) atoms. The lowest BCUT2D eigenvalue weighted by atomic mass is 10.0. The van der Waals surface area contributed by atoms with Gasteiger partial charge in [0.25, 0.3) is 0 Å². The van der Waals surface area contributed by atoms with Crippen molar-refractivity contribution in [1.29, 1.82) is 0 Å². The maximum atomic E-state index is 10.8. The first-order valence-corrected chi connectivity index (χ1v) is 5.55. The highest BCUT2D eigenvalue weighted by molar-refractivity contribution is 5.87. The van der Waals surface area contributed by atoms with Gasteiger partial charge in [-0.3, -0.25) is 0 Å². The summed E-state index contributed by atoms with van der Waals surface area (Å²) in [7, 11) is 0. The molecule has 0 aliphatic rings. The van der Waals surface area contributed by atoms with E-state index in [-0.39, 0.29) is 0 Å². The second-order valence-corrected chi connectivity index (χ2v) is 3.76. The van der Waals surface area contributed by atoms with Crippen molar-refractivity contribution in [2.75, 3.05) is 0 Å². The van der Waals surface area contributed by atoms with Gasteiger partial charge in [-0.2, -0.15) is 0 Å². The van der Waals surface area contributed by atoms with E-state index in [9.17, 15) is 9.90 Å². The average Bonchev–Trinajstić information content (AvgIpc) is 2.25. The summed E-state index contributed by atoms with van der Waals surface area (Å²) in [6.45, 7) is 2.16. The number of carboxylic acids is 1. The Bertz CT molecular complexity index is 318. The van der Waals surface area contributed by atoms with E-state index in [1.807, 2.05) is 12.1 Å². The largest absolute Gasteiger partial charge is 0.545 e. The second-order valence-electron chi connectivity index (χ2n) is 3.76. The highest BCUT2D eigenvalue weighted by Crippen LogP contribution is 2.12. The SMILES string of the molecule is CCCCCCc1ccccc1C(=O)[O-]. The molecule has 0 saturated carbocycles. The number of unbranched alkanes of at least 4 members (excludes halogenated alkanes) is 3. The van der Waals surface area contributed by atoms with Crippen LogP contribution < -0.4 is 5.11 Å². The third-order valence-corrected chi connectivity index (χ3v) is 2.54. The molecule has 0 saturated heterocycles. The molecule has 2 nitrogen and oxygen atoms in total. The number of carbonyl (C=O) groups excluding carboxylic acids is 1. The summed E-state index contributed by atoms with van der Waals surface area (Å²) < 4.78 is 0. The van der Waals surface area contributed by atoms with Crippen molar-refractivity contribution in [2.45, 2.75) is 39.0 Å². The third-order valence-electron chi connectivity index (χ3n) is 2.54. The molecule has 0 atom stereocenters. The zero-order chi connectivity index (χ0) is 11.1. The molecule has 1 aromatic rings. The van der Waals surface area contributed by atoms with Crippen molar-refractivity contribution in [3.63, 3.8) is 0 Å². The Morgan fingerprint density at radius 2 is 1.93 bits per heavy atom. The first kappa shape index (κ1) is 11.8. The predicted molar refractivity (Wildman–Crippen MR) is 58.6 cm³/mol. The van der Waals surface area contributed by atoms with Crippen molar-refractivity contribution in [3.8, 4) is 0 Å². The second kappa shape index (κ2) is 6.23. The van der Waals surface area contributed by atoms with Crippen molar-refractivity contribution in [2.24, 2.45) is 0 Å². The molecular weight excluding hydrogens is 188 g/mol. The highest BCUT2D eigenvalue weighted by atomic mass is 16.4. The van der Waals surface area contributed by atoms with Crippen LogP contribution >= 0.6 is 0 Å². The van der Waals surface area contributed by atoms with Gasteiger partial charge in [-0.25, -0.2) is 0 Å². The topological polar surface area (TPSA) is 40.1 Å². The Hall–Kier alpha value is -1.31. The molecule has 0 aliphatic carbocycles. The average molecular weight is 205 g/mol. The van der Waals surface area contributed by atoms with Gasteiger partial charge in [-0.1, -0.05) is 50.5 Å². The molecule has 0 heterocycles. The molecule has 0 amide bonds. The molecule has 0 N–H and O–H groups in total. The maximum Gasteiger partial charge on any atom is 0.0718 e. The number of aryl methyl sites for hydroxylation is 1. The minimum Gasteiger partial charge on any atom is -0.545 e. The van der Waals surface area contributed by atoms with E-state index < -0.39 is 5.97 Å². The lowest BCUT2D eigenvalue weighted by Gasteiger charge is -2.09. The number of rotatable bonds is 6. The van der Waals surface area contributed by atoms with E-state index >= 15 is 0 Å². The Kier molecular flexibility index (Phi) is 4.88. The number of carboxylic acid groups (broad SMARTS) is 1. The van der Waals surface area contributed by atoms with Crippen molar-refractivity contribution >= 4 is 5.97 Å². The molecule has 0 aliphatic heterocycles. The molecule has 0 spiro atoms. The fourth-order valence-electron chi connectivity index (χ4n) is 1.68. The molecule has 0 aromatic heterocycles. The van der Waals surface area contributed by atoms with Gasteiger partial charge in [-0.05, 0) is 18.4 Å². The minimum absolute atomic E-state index is 0.342. The van der Waals surface area contributed by atoms with Crippen LogP contribution in [0.2, 0.25) is 0 Å². The minimum atomic E-state index is -1.07. The normalized spacial score (nSPS) is 10.2. The predicted octanol–water partition coefficient (Wildman–Crippen LogP) is 2.17. The first-order valence-electron chi connectivity index (χ1n) is 5.55. The monoisotopic (exact) mass is 205 g/mol. The Balaban J connectivity index is 2.56. The van der Waals surface area contributed by atoms with Gasteiger partial charge in [0.05, 0.1) is 5.97 Å². The summed E-state index contributed by atoms with van der Waals surface area (Å²) in [5.41, 5.74) is 1.24. The number of carbonyl (C=O) groups is 1. The molecular formula is C13H17O2-. The standard InChI is InChI=1S/C13H18O2/c1-2-3-4-5-8-11-9-6-7-10-12(11)13(14)15/h6-7,9-10H,2-5,8H2,1H3,(H,14,15)/p-1. The van der Waals surface area contributed by atoms with Crippen LogP contribution in [0.4, 0.5) is 0 Å². The Morgan fingerprint density at radius 3 is 2.60 bits per heavy atom. The Labute approximate surface area is 90.9 Å². The lowest BCUT2D eigenvalue weighted by molar-refractivity contribution is -0.255. The number of hydrogen-bond donors (Lipinski definition) is 0. The molecule has 0 fully saturated rings. The Morgan fingerprint density at radius 1 is 1.20 bits per heavy atom. The zero-order valence-electron chi connectivity index (χ0n) is 9.16. The lowest BCUT2D eigenvalue weighted by Crippen LogP contribution is -2.23. The summed E-state index contributed by atoms with van der Waals surface area (Å²) in [6, 6.07) is 7.10. The van der Waals surface area contributed by atoms with Crippen LogP contribution in [0.25, 0.3) is 0 Å². The molecule has 1 rings (SSSR count). The molecule has 0 unspecified atom stereocenters. The van der Waals surface area contributed by atoms with Crippen LogP contribution in [0, 0.1) is 0 Å². The molecule has 1 aromatic carbocycles. The van der Waals surface area contributed by atoms with Gasteiger partial charge >= 0.3 is 0 Å². The van der Waals surface area contributed by atoms with E-state index in [4.69, 9.17) is 0 Å². The fraction of sp³-hybridized carbons (Fsp3) is 0.462. The van der Waals surface area contributed by atoms with Crippen LogP contribution in [0.3, 0.4) is 0 Å². The number of aromatic carboxylic acids is 1. The van der Waals surface area contributed by atoms with Crippen molar-refractivity contribution in [3.05, 3.63) is 35.4 Å². The maximum absolute atomic E-state index is 10.8.